The Kier molecular flexibility index (Phi) is 4.98. The maximum Gasteiger partial charge on any atom is 0.222 e. The molecule has 0 radical (unpaired) electrons. The van der Waals surface area contributed by atoms with Crippen molar-refractivity contribution in [3.8, 4) is 5.75 Å². The van der Waals surface area contributed by atoms with Gasteiger partial charge < -0.3 is 9.64 Å². The molecule has 0 N–H and O–H groups in total. The average molecular weight is 302 g/mol. The highest BCUT2D eigenvalue weighted by Crippen LogP contribution is 2.23. The summed E-state index contributed by atoms with van der Waals surface area (Å²) in [6.07, 6.45) is 5.24. The fraction of sp³-hybridized carbons (Fsp3) is 0.611. The van der Waals surface area contributed by atoms with E-state index in [1.165, 1.54) is 12.0 Å². The van der Waals surface area contributed by atoms with Crippen LogP contribution in [0, 0.1) is 0 Å². The maximum absolute atomic E-state index is 11.9. The molecule has 2 saturated heterocycles. The van der Waals surface area contributed by atoms with E-state index in [-0.39, 0.29) is 0 Å². The molecule has 2 heterocycles. The second-order valence-corrected chi connectivity index (χ2v) is 6.40. The van der Waals surface area contributed by atoms with Gasteiger partial charge in [0.05, 0.1) is 7.11 Å². The zero-order valence-electron chi connectivity index (χ0n) is 13.5. The third-order valence-corrected chi connectivity index (χ3v) is 4.88. The van der Waals surface area contributed by atoms with Crippen LogP contribution in [0.15, 0.2) is 24.3 Å². The lowest BCUT2D eigenvalue weighted by Gasteiger charge is -2.27. The minimum Gasteiger partial charge on any atom is -0.497 e. The van der Waals surface area contributed by atoms with Crippen molar-refractivity contribution in [3.63, 3.8) is 0 Å². The number of hydrogen-bond acceptors (Lipinski definition) is 3. The molecular formula is C18H26N2O2. The van der Waals surface area contributed by atoms with E-state index in [4.69, 9.17) is 4.74 Å². The molecule has 1 unspecified atom stereocenters. The van der Waals surface area contributed by atoms with E-state index in [2.05, 4.69) is 28.0 Å². The minimum atomic E-state index is 0.367. The van der Waals surface area contributed by atoms with Gasteiger partial charge in [0.25, 0.3) is 0 Å². The molecular weight excluding hydrogens is 276 g/mol. The average Bonchev–Trinajstić information content (AvgIpc) is 2.83. The summed E-state index contributed by atoms with van der Waals surface area (Å²) in [5.41, 5.74) is 1.30. The summed E-state index contributed by atoms with van der Waals surface area (Å²) < 4.78 is 5.30. The standard InChI is InChI=1S/C18H26N2O2/c1-22-17-7-2-5-15(13-17)14-19-10-3-6-16(9-12-19)20-11-4-8-18(20)21/h2,5,7,13,16H,3-4,6,8-12,14H2,1H3. The number of benzene rings is 1. The lowest BCUT2D eigenvalue weighted by Crippen LogP contribution is -2.36. The van der Waals surface area contributed by atoms with Gasteiger partial charge in [0.15, 0.2) is 0 Å². The minimum absolute atomic E-state index is 0.367. The first kappa shape index (κ1) is 15.3. The fourth-order valence-electron chi connectivity index (χ4n) is 3.69. The first-order valence-corrected chi connectivity index (χ1v) is 8.41. The van der Waals surface area contributed by atoms with Crippen molar-refractivity contribution in [2.75, 3.05) is 26.7 Å². The van der Waals surface area contributed by atoms with Crippen LogP contribution >= 0.6 is 0 Å². The number of hydrogen-bond donors (Lipinski definition) is 0. The van der Waals surface area contributed by atoms with Crippen LogP contribution in [0.3, 0.4) is 0 Å². The SMILES string of the molecule is COc1cccc(CN2CCCC(N3CCCC3=O)CC2)c1. The molecule has 1 atom stereocenters. The van der Waals surface area contributed by atoms with Crippen molar-refractivity contribution >= 4 is 5.91 Å². The third kappa shape index (κ3) is 3.61. The van der Waals surface area contributed by atoms with Crippen molar-refractivity contribution in [1.29, 1.82) is 0 Å². The summed E-state index contributed by atoms with van der Waals surface area (Å²) in [6, 6.07) is 8.78. The van der Waals surface area contributed by atoms with Crippen molar-refractivity contribution in [1.82, 2.24) is 9.80 Å². The molecule has 22 heavy (non-hydrogen) atoms. The molecule has 1 aromatic carbocycles. The Balaban J connectivity index is 1.57. The zero-order chi connectivity index (χ0) is 15.4. The van der Waals surface area contributed by atoms with Crippen molar-refractivity contribution in [2.45, 2.75) is 44.7 Å². The molecule has 0 aliphatic carbocycles. The Morgan fingerprint density at radius 3 is 2.86 bits per heavy atom. The third-order valence-electron chi connectivity index (χ3n) is 4.88. The van der Waals surface area contributed by atoms with Crippen LogP contribution in [-0.2, 0) is 11.3 Å². The highest BCUT2D eigenvalue weighted by atomic mass is 16.5. The van der Waals surface area contributed by atoms with Gasteiger partial charge in [-0.1, -0.05) is 12.1 Å². The highest BCUT2D eigenvalue weighted by Gasteiger charge is 2.29. The maximum atomic E-state index is 11.9. The summed E-state index contributed by atoms with van der Waals surface area (Å²) in [4.78, 5) is 16.6. The number of amides is 1. The Bertz CT molecular complexity index is 518. The monoisotopic (exact) mass is 302 g/mol. The smallest absolute Gasteiger partial charge is 0.222 e. The Labute approximate surface area is 133 Å². The van der Waals surface area contributed by atoms with Crippen LogP contribution in [0.2, 0.25) is 0 Å². The fourth-order valence-corrected chi connectivity index (χ4v) is 3.69. The van der Waals surface area contributed by atoms with Gasteiger partial charge in [-0.25, -0.2) is 0 Å². The van der Waals surface area contributed by atoms with Gasteiger partial charge >= 0.3 is 0 Å². The van der Waals surface area contributed by atoms with Crippen molar-refractivity contribution in [2.24, 2.45) is 0 Å². The molecule has 3 rings (SSSR count). The first-order valence-electron chi connectivity index (χ1n) is 8.41. The van der Waals surface area contributed by atoms with E-state index in [1.807, 2.05) is 6.07 Å². The number of rotatable bonds is 4. The molecule has 0 bridgehead atoms. The Hall–Kier alpha value is -1.55. The van der Waals surface area contributed by atoms with Gasteiger partial charge in [-0.05, 0) is 49.9 Å². The number of methoxy groups -OCH3 is 1. The van der Waals surface area contributed by atoms with Gasteiger partial charge in [-0.15, -0.1) is 0 Å². The second kappa shape index (κ2) is 7.14. The zero-order valence-corrected chi connectivity index (χ0v) is 13.5. The number of likely N-dealkylation sites (tertiary alicyclic amines) is 2. The van der Waals surface area contributed by atoms with E-state index >= 15 is 0 Å². The van der Waals surface area contributed by atoms with Crippen molar-refractivity contribution in [3.05, 3.63) is 29.8 Å². The number of ether oxygens (including phenoxy) is 1. The quantitative estimate of drug-likeness (QED) is 0.857. The summed E-state index contributed by atoms with van der Waals surface area (Å²) in [6.45, 7) is 4.14. The topological polar surface area (TPSA) is 32.8 Å². The molecule has 0 spiro atoms. The first-order chi connectivity index (χ1) is 10.8. The van der Waals surface area contributed by atoms with Gasteiger partial charge in [-0.2, -0.15) is 0 Å². The summed E-state index contributed by atoms with van der Waals surface area (Å²) in [7, 11) is 1.71. The van der Waals surface area contributed by atoms with Crippen molar-refractivity contribution < 1.29 is 9.53 Å². The highest BCUT2D eigenvalue weighted by molar-refractivity contribution is 5.78. The molecule has 0 aromatic heterocycles. The number of carbonyl (C=O) groups is 1. The predicted octanol–water partition coefficient (Wildman–Crippen LogP) is 2.67. The molecule has 0 saturated carbocycles. The van der Waals surface area contributed by atoms with Gasteiger partial charge in [0, 0.05) is 32.1 Å². The van der Waals surface area contributed by atoms with Crippen LogP contribution in [0.5, 0.6) is 5.75 Å². The lowest BCUT2D eigenvalue weighted by atomic mass is 10.1. The largest absolute Gasteiger partial charge is 0.497 e. The molecule has 2 aliphatic heterocycles. The number of carbonyl (C=O) groups excluding carboxylic acids is 1. The Morgan fingerprint density at radius 1 is 1.18 bits per heavy atom. The molecule has 4 nitrogen and oxygen atoms in total. The van der Waals surface area contributed by atoms with Crippen LogP contribution in [-0.4, -0.2) is 48.5 Å². The van der Waals surface area contributed by atoms with Gasteiger partial charge in [0.1, 0.15) is 5.75 Å². The van der Waals surface area contributed by atoms with Gasteiger partial charge in [0.2, 0.25) is 5.91 Å². The molecule has 2 fully saturated rings. The van der Waals surface area contributed by atoms with E-state index in [0.29, 0.717) is 11.9 Å². The van der Waals surface area contributed by atoms with Crippen LogP contribution in [0.4, 0.5) is 0 Å². The number of nitrogens with zero attached hydrogens (tertiary/aromatic N) is 2. The van der Waals surface area contributed by atoms with E-state index in [9.17, 15) is 4.79 Å². The molecule has 2 aliphatic rings. The van der Waals surface area contributed by atoms with Crippen LogP contribution in [0.25, 0.3) is 0 Å². The van der Waals surface area contributed by atoms with Crippen LogP contribution in [0.1, 0.15) is 37.7 Å². The van der Waals surface area contributed by atoms with Gasteiger partial charge in [-0.3, -0.25) is 9.69 Å². The normalized spacial score (nSPS) is 23.6. The lowest BCUT2D eigenvalue weighted by molar-refractivity contribution is -0.129. The molecule has 120 valence electrons. The second-order valence-electron chi connectivity index (χ2n) is 6.40. The van der Waals surface area contributed by atoms with Crippen LogP contribution < -0.4 is 4.74 Å². The summed E-state index contributed by atoms with van der Waals surface area (Å²) in [5, 5.41) is 0. The van der Waals surface area contributed by atoms with E-state index in [1.54, 1.807) is 7.11 Å². The van der Waals surface area contributed by atoms with E-state index < -0.39 is 0 Å². The molecule has 1 aromatic rings. The summed E-state index contributed by atoms with van der Waals surface area (Å²) >= 11 is 0. The van der Waals surface area contributed by atoms with E-state index in [0.717, 1.165) is 57.6 Å². The predicted molar refractivity (Wildman–Crippen MR) is 86.9 cm³/mol. The molecule has 1 amide bonds. The summed E-state index contributed by atoms with van der Waals surface area (Å²) in [5.74, 6) is 1.29. The Morgan fingerprint density at radius 2 is 2.09 bits per heavy atom. The molecule has 4 heteroatoms.